The minimum absolute atomic E-state index is 0.136. The first kappa shape index (κ1) is 14.9. The normalized spacial score (nSPS) is 18.3. The number of para-hydroxylation sites is 1. The van der Waals surface area contributed by atoms with Crippen molar-refractivity contribution in [2.24, 2.45) is 0 Å². The van der Waals surface area contributed by atoms with Gasteiger partial charge in [-0.05, 0) is 31.4 Å². The van der Waals surface area contributed by atoms with Crippen LogP contribution in [0.4, 0.5) is 19.3 Å². The first-order valence-electron chi connectivity index (χ1n) is 7.08. The molecule has 1 saturated heterocycles. The zero-order chi connectivity index (χ0) is 15.5. The molecule has 0 aliphatic carbocycles. The van der Waals surface area contributed by atoms with Crippen LogP contribution >= 0.6 is 11.3 Å². The number of urea groups is 1. The molecule has 1 fully saturated rings. The second-order valence-electron chi connectivity index (χ2n) is 5.10. The molecular weight excluding hydrogens is 308 g/mol. The van der Waals surface area contributed by atoms with E-state index >= 15 is 0 Å². The SMILES string of the molecule is O=C(Nc1c(F)cccc1F)N1CCCC[C@@H]1c1nccs1. The number of nitrogens with one attached hydrogen (secondary N) is 1. The van der Waals surface area contributed by atoms with Gasteiger partial charge in [-0.1, -0.05) is 6.07 Å². The highest BCUT2D eigenvalue weighted by Gasteiger charge is 2.30. The summed E-state index contributed by atoms with van der Waals surface area (Å²) in [7, 11) is 0. The summed E-state index contributed by atoms with van der Waals surface area (Å²) in [5, 5.41) is 5.06. The van der Waals surface area contributed by atoms with E-state index in [-0.39, 0.29) is 6.04 Å². The number of thiazole rings is 1. The standard InChI is InChI=1S/C15H15F2N3OS/c16-10-4-3-5-11(17)13(10)19-15(21)20-8-2-1-6-12(20)14-18-7-9-22-14/h3-5,7,9,12H,1-2,6,8H2,(H,19,21)/t12-/m1/s1. The van der Waals surface area contributed by atoms with E-state index in [1.165, 1.54) is 17.4 Å². The lowest BCUT2D eigenvalue weighted by atomic mass is 10.0. The number of benzene rings is 1. The van der Waals surface area contributed by atoms with Crippen LogP contribution < -0.4 is 5.32 Å². The van der Waals surface area contributed by atoms with Gasteiger partial charge in [-0.2, -0.15) is 0 Å². The maximum atomic E-state index is 13.7. The van der Waals surface area contributed by atoms with E-state index in [2.05, 4.69) is 10.3 Å². The molecule has 2 aromatic rings. The molecule has 0 radical (unpaired) electrons. The molecule has 0 unspecified atom stereocenters. The Morgan fingerprint density at radius 1 is 1.32 bits per heavy atom. The van der Waals surface area contributed by atoms with E-state index in [1.807, 2.05) is 5.38 Å². The summed E-state index contributed by atoms with van der Waals surface area (Å²) in [5.41, 5.74) is -0.407. The number of piperidine rings is 1. The number of carbonyl (C=O) groups is 1. The van der Waals surface area contributed by atoms with Crippen LogP contribution in [0.5, 0.6) is 0 Å². The van der Waals surface area contributed by atoms with Crippen molar-refractivity contribution >= 4 is 23.1 Å². The number of halogens is 2. The van der Waals surface area contributed by atoms with Crippen molar-refractivity contribution in [2.75, 3.05) is 11.9 Å². The van der Waals surface area contributed by atoms with Gasteiger partial charge in [0.05, 0.1) is 6.04 Å². The quantitative estimate of drug-likeness (QED) is 0.901. The number of amides is 2. The van der Waals surface area contributed by atoms with Crippen molar-refractivity contribution in [3.63, 3.8) is 0 Å². The number of likely N-dealkylation sites (tertiary alicyclic amines) is 1. The first-order valence-corrected chi connectivity index (χ1v) is 7.96. The van der Waals surface area contributed by atoms with Crippen LogP contribution in [0.3, 0.4) is 0 Å². The molecule has 4 nitrogen and oxygen atoms in total. The third kappa shape index (κ3) is 2.94. The maximum absolute atomic E-state index is 13.7. The van der Waals surface area contributed by atoms with Gasteiger partial charge in [0.1, 0.15) is 22.3 Å². The van der Waals surface area contributed by atoms with Crippen molar-refractivity contribution in [1.29, 1.82) is 0 Å². The second-order valence-corrected chi connectivity index (χ2v) is 6.03. The van der Waals surface area contributed by atoms with Crippen LogP contribution in [0.2, 0.25) is 0 Å². The van der Waals surface area contributed by atoms with Gasteiger partial charge in [-0.15, -0.1) is 11.3 Å². The molecule has 0 saturated carbocycles. The van der Waals surface area contributed by atoms with E-state index in [4.69, 9.17) is 0 Å². The minimum atomic E-state index is -0.781. The Morgan fingerprint density at radius 3 is 2.77 bits per heavy atom. The molecule has 22 heavy (non-hydrogen) atoms. The summed E-state index contributed by atoms with van der Waals surface area (Å²) in [6.07, 6.45) is 4.37. The maximum Gasteiger partial charge on any atom is 0.322 e. The van der Waals surface area contributed by atoms with Crippen molar-refractivity contribution in [3.05, 3.63) is 46.4 Å². The van der Waals surface area contributed by atoms with Gasteiger partial charge >= 0.3 is 6.03 Å². The Hall–Kier alpha value is -2.02. The fraction of sp³-hybridized carbons (Fsp3) is 0.333. The first-order chi connectivity index (χ1) is 10.7. The molecule has 2 amide bonds. The largest absolute Gasteiger partial charge is 0.322 e. The summed E-state index contributed by atoms with van der Waals surface area (Å²) in [6.45, 7) is 0.548. The number of aromatic nitrogens is 1. The van der Waals surface area contributed by atoms with Crippen LogP contribution in [0, 0.1) is 11.6 Å². The van der Waals surface area contributed by atoms with E-state index in [9.17, 15) is 13.6 Å². The smallest absolute Gasteiger partial charge is 0.315 e. The summed E-state index contributed by atoms with van der Waals surface area (Å²) in [4.78, 5) is 18.3. The average molecular weight is 323 g/mol. The molecule has 3 rings (SSSR count). The summed E-state index contributed by atoms with van der Waals surface area (Å²) < 4.78 is 27.3. The summed E-state index contributed by atoms with van der Waals surface area (Å²) >= 11 is 1.48. The summed E-state index contributed by atoms with van der Waals surface area (Å²) in [6, 6.07) is 2.87. The third-order valence-corrected chi connectivity index (χ3v) is 4.57. The monoisotopic (exact) mass is 323 g/mol. The number of hydrogen-bond donors (Lipinski definition) is 1. The average Bonchev–Trinajstić information content (AvgIpc) is 3.05. The van der Waals surface area contributed by atoms with Gasteiger partial charge in [-0.3, -0.25) is 0 Å². The molecule has 0 spiro atoms. The van der Waals surface area contributed by atoms with Crippen LogP contribution in [-0.4, -0.2) is 22.5 Å². The number of rotatable bonds is 2. The molecule has 116 valence electrons. The Bertz CT molecular complexity index is 643. The van der Waals surface area contributed by atoms with Crippen molar-refractivity contribution < 1.29 is 13.6 Å². The van der Waals surface area contributed by atoms with Gasteiger partial charge in [0, 0.05) is 18.1 Å². The molecule has 1 aliphatic rings. The Balaban J connectivity index is 1.81. The Morgan fingerprint density at radius 2 is 2.09 bits per heavy atom. The Kier molecular flexibility index (Phi) is 4.33. The molecule has 1 aromatic heterocycles. The topological polar surface area (TPSA) is 45.2 Å². The highest BCUT2D eigenvalue weighted by molar-refractivity contribution is 7.09. The molecule has 1 N–H and O–H groups in total. The van der Waals surface area contributed by atoms with Gasteiger partial charge < -0.3 is 10.2 Å². The molecule has 1 aliphatic heterocycles. The Labute approximate surface area is 130 Å². The third-order valence-electron chi connectivity index (χ3n) is 3.69. The number of anilines is 1. The van der Waals surface area contributed by atoms with E-state index < -0.39 is 23.4 Å². The lowest BCUT2D eigenvalue weighted by Gasteiger charge is -2.34. The van der Waals surface area contributed by atoms with Gasteiger partial charge in [0.25, 0.3) is 0 Å². The lowest BCUT2D eigenvalue weighted by Crippen LogP contribution is -2.41. The molecular formula is C15H15F2N3OS. The van der Waals surface area contributed by atoms with Crippen molar-refractivity contribution in [3.8, 4) is 0 Å². The predicted octanol–water partition coefficient (Wildman–Crippen LogP) is 4.18. The molecule has 0 bridgehead atoms. The fourth-order valence-electron chi connectivity index (χ4n) is 2.63. The van der Waals surface area contributed by atoms with Crippen LogP contribution in [0.25, 0.3) is 0 Å². The van der Waals surface area contributed by atoms with Crippen molar-refractivity contribution in [2.45, 2.75) is 25.3 Å². The number of hydrogen-bond acceptors (Lipinski definition) is 3. The molecule has 7 heteroatoms. The zero-order valence-corrected chi connectivity index (χ0v) is 12.6. The minimum Gasteiger partial charge on any atom is -0.315 e. The van der Waals surface area contributed by atoms with E-state index in [0.29, 0.717) is 6.54 Å². The molecule has 2 heterocycles. The highest BCUT2D eigenvalue weighted by Crippen LogP contribution is 2.32. The van der Waals surface area contributed by atoms with Crippen LogP contribution in [0.1, 0.15) is 30.3 Å². The summed E-state index contributed by atoms with van der Waals surface area (Å²) in [5.74, 6) is -1.56. The fourth-order valence-corrected chi connectivity index (χ4v) is 3.41. The zero-order valence-electron chi connectivity index (χ0n) is 11.8. The van der Waals surface area contributed by atoms with Crippen LogP contribution in [0.15, 0.2) is 29.8 Å². The predicted molar refractivity (Wildman–Crippen MR) is 80.8 cm³/mol. The second kappa shape index (κ2) is 6.39. The van der Waals surface area contributed by atoms with Gasteiger partial charge in [0.15, 0.2) is 0 Å². The van der Waals surface area contributed by atoms with Gasteiger partial charge in [0.2, 0.25) is 0 Å². The molecule has 1 aromatic carbocycles. The van der Waals surface area contributed by atoms with Gasteiger partial charge in [-0.25, -0.2) is 18.6 Å². The molecule has 1 atom stereocenters. The number of nitrogens with zero attached hydrogens (tertiary/aromatic N) is 2. The van der Waals surface area contributed by atoms with E-state index in [1.54, 1.807) is 11.1 Å². The van der Waals surface area contributed by atoms with Crippen molar-refractivity contribution in [1.82, 2.24) is 9.88 Å². The highest BCUT2D eigenvalue weighted by atomic mass is 32.1. The lowest BCUT2D eigenvalue weighted by molar-refractivity contribution is 0.163. The number of carbonyl (C=O) groups excluding carboxylic acids is 1. The van der Waals surface area contributed by atoms with E-state index in [0.717, 1.165) is 36.4 Å². The van der Waals surface area contributed by atoms with Crippen LogP contribution in [-0.2, 0) is 0 Å².